The number of pyridine rings is 1. The smallest absolute Gasteiger partial charge is 0.254 e. The summed E-state index contributed by atoms with van der Waals surface area (Å²) < 4.78 is 5.66. The quantitative estimate of drug-likeness (QED) is 0.935. The Hall–Kier alpha value is -2.40. The van der Waals surface area contributed by atoms with Crippen LogP contribution in [0, 0.1) is 0 Å². The number of nitrogens with two attached hydrogens (primary N) is 1. The van der Waals surface area contributed by atoms with Gasteiger partial charge < -0.3 is 15.4 Å². The molecule has 1 amide bonds. The van der Waals surface area contributed by atoms with E-state index in [1.54, 1.807) is 23.2 Å². The van der Waals surface area contributed by atoms with Gasteiger partial charge in [-0.15, -0.1) is 0 Å². The fourth-order valence-electron chi connectivity index (χ4n) is 2.51. The molecule has 2 aromatic rings. The molecule has 3 rings (SSSR count). The maximum atomic E-state index is 12.4. The van der Waals surface area contributed by atoms with Crippen molar-refractivity contribution in [1.82, 2.24) is 9.88 Å². The molecule has 0 unspecified atom stereocenters. The molecule has 5 heteroatoms. The zero-order valence-electron chi connectivity index (χ0n) is 12.3. The number of carbonyl (C=O) groups excluding carboxylic acids is 1. The van der Waals surface area contributed by atoms with E-state index < -0.39 is 0 Å². The summed E-state index contributed by atoms with van der Waals surface area (Å²) in [7, 11) is 0. The Morgan fingerprint density at radius 3 is 2.86 bits per heavy atom. The Bertz CT molecular complexity index is 645. The first-order chi connectivity index (χ1) is 10.7. The molecule has 0 spiro atoms. The van der Waals surface area contributed by atoms with Crippen molar-refractivity contribution in [1.29, 1.82) is 0 Å². The summed E-state index contributed by atoms with van der Waals surface area (Å²) in [6, 6.07) is 13.3. The van der Waals surface area contributed by atoms with E-state index in [1.807, 2.05) is 30.3 Å². The molecule has 0 saturated carbocycles. The third-order valence-corrected chi connectivity index (χ3v) is 3.72. The average Bonchev–Trinajstić information content (AvgIpc) is 3.00. The topological polar surface area (TPSA) is 68.5 Å². The van der Waals surface area contributed by atoms with Gasteiger partial charge in [-0.3, -0.25) is 4.79 Å². The Morgan fingerprint density at radius 1 is 1.32 bits per heavy atom. The van der Waals surface area contributed by atoms with E-state index >= 15 is 0 Å². The molecule has 0 aliphatic carbocycles. The molecule has 1 fully saturated rings. The first kappa shape index (κ1) is 14.5. The molecule has 1 aromatic heterocycles. The van der Waals surface area contributed by atoms with E-state index in [0.717, 1.165) is 12.0 Å². The molecule has 114 valence electrons. The normalized spacial score (nSPS) is 17.5. The van der Waals surface area contributed by atoms with E-state index in [2.05, 4.69) is 4.98 Å². The van der Waals surface area contributed by atoms with Gasteiger partial charge in [0.1, 0.15) is 6.61 Å². The van der Waals surface area contributed by atoms with Crippen molar-refractivity contribution in [3.8, 4) is 5.88 Å². The van der Waals surface area contributed by atoms with Crippen molar-refractivity contribution in [2.75, 3.05) is 13.1 Å². The van der Waals surface area contributed by atoms with Crippen molar-refractivity contribution >= 4 is 5.91 Å². The monoisotopic (exact) mass is 297 g/mol. The van der Waals surface area contributed by atoms with Crippen molar-refractivity contribution in [2.24, 2.45) is 5.73 Å². The zero-order valence-corrected chi connectivity index (χ0v) is 12.3. The number of hydrogen-bond acceptors (Lipinski definition) is 4. The van der Waals surface area contributed by atoms with E-state index in [9.17, 15) is 4.79 Å². The van der Waals surface area contributed by atoms with Crippen molar-refractivity contribution in [2.45, 2.75) is 19.1 Å². The van der Waals surface area contributed by atoms with Gasteiger partial charge in [0, 0.05) is 37.0 Å². The van der Waals surface area contributed by atoms with Crippen LogP contribution in [0.3, 0.4) is 0 Å². The fourth-order valence-corrected chi connectivity index (χ4v) is 2.51. The van der Waals surface area contributed by atoms with Crippen molar-refractivity contribution < 1.29 is 9.53 Å². The maximum absolute atomic E-state index is 12.4. The van der Waals surface area contributed by atoms with E-state index in [4.69, 9.17) is 10.5 Å². The molecule has 2 N–H and O–H groups in total. The molecule has 0 bridgehead atoms. The van der Waals surface area contributed by atoms with Crippen LogP contribution < -0.4 is 10.5 Å². The number of amides is 1. The van der Waals surface area contributed by atoms with Gasteiger partial charge in [-0.25, -0.2) is 4.98 Å². The number of aromatic nitrogens is 1. The number of carbonyl (C=O) groups is 1. The molecule has 1 atom stereocenters. The fraction of sp³-hybridized carbons (Fsp3) is 0.294. The molecule has 1 saturated heterocycles. The molecule has 1 aliphatic heterocycles. The third-order valence-electron chi connectivity index (χ3n) is 3.72. The van der Waals surface area contributed by atoms with Crippen LogP contribution in [0.4, 0.5) is 0 Å². The largest absolute Gasteiger partial charge is 0.473 e. The molecule has 1 aliphatic rings. The number of rotatable bonds is 4. The van der Waals surface area contributed by atoms with Gasteiger partial charge in [0.2, 0.25) is 5.88 Å². The second-order valence-electron chi connectivity index (χ2n) is 5.46. The van der Waals surface area contributed by atoms with E-state index in [0.29, 0.717) is 31.1 Å². The highest BCUT2D eigenvalue weighted by atomic mass is 16.5. The molecule has 5 nitrogen and oxygen atoms in total. The molecular weight excluding hydrogens is 278 g/mol. The van der Waals surface area contributed by atoms with Crippen LogP contribution in [0.5, 0.6) is 5.88 Å². The molecule has 0 radical (unpaired) electrons. The predicted molar refractivity (Wildman–Crippen MR) is 83.5 cm³/mol. The highest BCUT2D eigenvalue weighted by Gasteiger charge is 2.24. The summed E-state index contributed by atoms with van der Waals surface area (Å²) in [4.78, 5) is 18.3. The Balaban J connectivity index is 1.66. The van der Waals surface area contributed by atoms with Gasteiger partial charge in [-0.1, -0.05) is 30.3 Å². The van der Waals surface area contributed by atoms with Gasteiger partial charge >= 0.3 is 0 Å². The lowest BCUT2D eigenvalue weighted by Crippen LogP contribution is -2.31. The number of benzene rings is 1. The summed E-state index contributed by atoms with van der Waals surface area (Å²) in [5.74, 6) is 0.443. The van der Waals surface area contributed by atoms with Gasteiger partial charge in [-0.2, -0.15) is 0 Å². The van der Waals surface area contributed by atoms with Crippen LogP contribution in [0.1, 0.15) is 22.3 Å². The summed E-state index contributed by atoms with van der Waals surface area (Å²) in [5, 5.41) is 0. The first-order valence-electron chi connectivity index (χ1n) is 7.40. The van der Waals surface area contributed by atoms with Crippen LogP contribution in [0.25, 0.3) is 0 Å². The van der Waals surface area contributed by atoms with Crippen molar-refractivity contribution in [3.05, 3.63) is 59.8 Å². The molecule has 22 heavy (non-hydrogen) atoms. The van der Waals surface area contributed by atoms with Crippen LogP contribution in [0.2, 0.25) is 0 Å². The minimum Gasteiger partial charge on any atom is -0.473 e. The van der Waals surface area contributed by atoms with Crippen LogP contribution >= 0.6 is 0 Å². The van der Waals surface area contributed by atoms with Gasteiger partial charge in [0.05, 0.1) is 0 Å². The lowest BCUT2D eigenvalue weighted by atomic mass is 10.2. The predicted octanol–water partition coefficient (Wildman–Crippen LogP) is 1.83. The standard InChI is InChI=1S/C17H19N3O2/c18-15-7-9-20(11-15)17(21)14-6-8-19-16(10-14)22-12-13-4-2-1-3-5-13/h1-6,8,10,15H,7,9,11-12,18H2/t15-/m0/s1. The summed E-state index contributed by atoms with van der Waals surface area (Å²) in [6.45, 7) is 1.75. The van der Waals surface area contributed by atoms with Crippen molar-refractivity contribution in [3.63, 3.8) is 0 Å². The van der Waals surface area contributed by atoms with E-state index in [-0.39, 0.29) is 11.9 Å². The Labute approximate surface area is 129 Å². The zero-order chi connectivity index (χ0) is 15.4. The SMILES string of the molecule is N[C@H]1CCN(C(=O)c2ccnc(OCc3ccccc3)c2)C1. The maximum Gasteiger partial charge on any atom is 0.254 e. The second kappa shape index (κ2) is 6.58. The molecular formula is C17H19N3O2. The summed E-state index contributed by atoms with van der Waals surface area (Å²) in [5.41, 5.74) is 7.50. The molecule has 2 heterocycles. The second-order valence-corrected chi connectivity index (χ2v) is 5.46. The Kier molecular flexibility index (Phi) is 4.34. The van der Waals surface area contributed by atoms with E-state index in [1.165, 1.54) is 0 Å². The third kappa shape index (κ3) is 3.43. The van der Waals surface area contributed by atoms with Crippen LogP contribution in [-0.2, 0) is 6.61 Å². The summed E-state index contributed by atoms with van der Waals surface area (Å²) in [6.07, 6.45) is 2.46. The highest BCUT2D eigenvalue weighted by Crippen LogP contribution is 2.16. The number of ether oxygens (including phenoxy) is 1. The Morgan fingerprint density at radius 2 is 2.14 bits per heavy atom. The number of nitrogens with zero attached hydrogens (tertiary/aromatic N) is 2. The van der Waals surface area contributed by atoms with Gasteiger partial charge in [0.25, 0.3) is 5.91 Å². The summed E-state index contributed by atoms with van der Waals surface area (Å²) >= 11 is 0. The van der Waals surface area contributed by atoms with Crippen LogP contribution in [-0.4, -0.2) is 34.9 Å². The minimum atomic E-state index is -0.0140. The lowest BCUT2D eigenvalue weighted by molar-refractivity contribution is 0.0790. The van der Waals surface area contributed by atoms with Gasteiger partial charge in [0.15, 0.2) is 0 Å². The lowest BCUT2D eigenvalue weighted by Gasteiger charge is -2.16. The average molecular weight is 297 g/mol. The number of hydrogen-bond donors (Lipinski definition) is 1. The minimum absolute atomic E-state index is 0.0140. The van der Waals surface area contributed by atoms with Crippen LogP contribution in [0.15, 0.2) is 48.7 Å². The highest BCUT2D eigenvalue weighted by molar-refractivity contribution is 5.94. The molecule has 1 aromatic carbocycles. The number of likely N-dealkylation sites (tertiary alicyclic amines) is 1. The van der Waals surface area contributed by atoms with Gasteiger partial charge in [-0.05, 0) is 18.1 Å². The first-order valence-corrected chi connectivity index (χ1v) is 7.40.